The molecule has 0 aliphatic carbocycles. The van der Waals surface area contributed by atoms with Gasteiger partial charge in [0.2, 0.25) is 5.91 Å². The number of nitrogens with zero attached hydrogens (tertiary/aromatic N) is 1. The number of aliphatic hydroxyl groups is 1. The van der Waals surface area contributed by atoms with Gasteiger partial charge in [0.15, 0.2) is 5.96 Å². The van der Waals surface area contributed by atoms with Crippen LogP contribution >= 0.6 is 23.2 Å². The summed E-state index contributed by atoms with van der Waals surface area (Å²) in [6.45, 7) is 4.77. The summed E-state index contributed by atoms with van der Waals surface area (Å²) in [4.78, 5) is 15.7. The molecular formula is C20H24Cl2N4O2. The molecule has 0 fully saturated rings. The first-order chi connectivity index (χ1) is 13.4. The van der Waals surface area contributed by atoms with Gasteiger partial charge in [-0.05, 0) is 48.4 Å². The second-order valence-corrected chi connectivity index (χ2v) is 7.05. The van der Waals surface area contributed by atoms with Gasteiger partial charge in [0.25, 0.3) is 0 Å². The Balaban J connectivity index is 2.01. The van der Waals surface area contributed by atoms with Crippen LogP contribution in [0.2, 0.25) is 10.0 Å². The highest BCUT2D eigenvalue weighted by Crippen LogP contribution is 2.23. The summed E-state index contributed by atoms with van der Waals surface area (Å²) in [6, 6.07) is 12.5. The van der Waals surface area contributed by atoms with Gasteiger partial charge in [0.05, 0.1) is 12.6 Å². The van der Waals surface area contributed by atoms with Gasteiger partial charge < -0.3 is 21.1 Å². The summed E-state index contributed by atoms with van der Waals surface area (Å²) in [7, 11) is 0. The number of hydrogen-bond acceptors (Lipinski definition) is 3. The zero-order valence-electron chi connectivity index (χ0n) is 15.8. The van der Waals surface area contributed by atoms with Crippen LogP contribution in [0.25, 0.3) is 0 Å². The normalized spacial score (nSPS) is 12.4. The standard InChI is InChI=1S/C20H24Cl2N4O2/c1-3-23-20(24-11-14-5-4-6-18(7-14)26-13(2)27)25-12-19(28)15-8-16(21)10-17(22)9-15/h4-10,19,28H,3,11-12H2,1-2H3,(H,26,27)(H2,23,24,25). The van der Waals surface area contributed by atoms with Gasteiger partial charge >= 0.3 is 0 Å². The molecule has 28 heavy (non-hydrogen) atoms. The van der Waals surface area contributed by atoms with Crippen molar-refractivity contribution in [3.05, 3.63) is 63.6 Å². The fraction of sp³-hybridized carbons (Fsp3) is 0.300. The molecule has 0 radical (unpaired) electrons. The van der Waals surface area contributed by atoms with E-state index in [4.69, 9.17) is 23.2 Å². The first-order valence-electron chi connectivity index (χ1n) is 8.90. The minimum atomic E-state index is -0.789. The number of guanidine groups is 1. The van der Waals surface area contributed by atoms with E-state index in [0.29, 0.717) is 34.7 Å². The number of nitrogens with one attached hydrogen (secondary N) is 3. The number of hydrogen-bond donors (Lipinski definition) is 4. The van der Waals surface area contributed by atoms with Gasteiger partial charge in [-0.3, -0.25) is 4.79 Å². The Hall–Kier alpha value is -2.28. The van der Waals surface area contributed by atoms with E-state index in [-0.39, 0.29) is 12.5 Å². The number of anilines is 1. The molecule has 0 saturated carbocycles. The van der Waals surface area contributed by atoms with Crippen LogP contribution in [-0.4, -0.2) is 30.1 Å². The summed E-state index contributed by atoms with van der Waals surface area (Å²) in [5.41, 5.74) is 2.31. The van der Waals surface area contributed by atoms with E-state index in [2.05, 4.69) is 20.9 Å². The number of carbonyl (C=O) groups excluding carboxylic acids is 1. The highest BCUT2D eigenvalue weighted by molar-refractivity contribution is 6.34. The van der Waals surface area contributed by atoms with E-state index < -0.39 is 6.10 Å². The predicted molar refractivity (Wildman–Crippen MR) is 115 cm³/mol. The number of aliphatic imine (C=N–C) groups is 1. The molecule has 6 nitrogen and oxygen atoms in total. The van der Waals surface area contributed by atoms with Crippen LogP contribution in [0.3, 0.4) is 0 Å². The SMILES string of the molecule is CCNC(=NCc1cccc(NC(C)=O)c1)NCC(O)c1cc(Cl)cc(Cl)c1. The van der Waals surface area contributed by atoms with E-state index in [1.165, 1.54) is 6.92 Å². The van der Waals surface area contributed by atoms with Gasteiger partial charge in [0.1, 0.15) is 0 Å². The van der Waals surface area contributed by atoms with Crippen LogP contribution in [0.4, 0.5) is 5.69 Å². The summed E-state index contributed by atoms with van der Waals surface area (Å²) in [5.74, 6) is 0.449. The molecule has 2 aromatic carbocycles. The maximum atomic E-state index is 11.2. The Kier molecular flexibility index (Phi) is 8.57. The van der Waals surface area contributed by atoms with Crippen molar-refractivity contribution in [1.29, 1.82) is 0 Å². The van der Waals surface area contributed by atoms with Crippen molar-refractivity contribution in [2.75, 3.05) is 18.4 Å². The average Bonchev–Trinajstić information content (AvgIpc) is 2.62. The van der Waals surface area contributed by atoms with E-state index >= 15 is 0 Å². The molecule has 8 heteroatoms. The third-order valence-electron chi connectivity index (χ3n) is 3.74. The molecule has 0 aliphatic rings. The van der Waals surface area contributed by atoms with Crippen LogP contribution < -0.4 is 16.0 Å². The van der Waals surface area contributed by atoms with E-state index in [1.54, 1.807) is 18.2 Å². The lowest BCUT2D eigenvalue weighted by molar-refractivity contribution is -0.114. The van der Waals surface area contributed by atoms with Crippen LogP contribution in [0.1, 0.15) is 31.1 Å². The lowest BCUT2D eigenvalue weighted by Crippen LogP contribution is -2.39. The largest absolute Gasteiger partial charge is 0.387 e. The first-order valence-corrected chi connectivity index (χ1v) is 9.65. The Morgan fingerprint density at radius 2 is 1.86 bits per heavy atom. The average molecular weight is 423 g/mol. The zero-order chi connectivity index (χ0) is 20.5. The van der Waals surface area contributed by atoms with Crippen molar-refractivity contribution in [3.8, 4) is 0 Å². The Morgan fingerprint density at radius 3 is 2.50 bits per heavy atom. The Morgan fingerprint density at radius 1 is 1.14 bits per heavy atom. The van der Waals surface area contributed by atoms with Crippen molar-refractivity contribution in [2.45, 2.75) is 26.5 Å². The Labute approximate surface area is 175 Å². The molecule has 1 amide bonds. The number of halogens is 2. The van der Waals surface area contributed by atoms with Crippen molar-refractivity contribution in [2.24, 2.45) is 4.99 Å². The van der Waals surface area contributed by atoms with E-state index in [1.807, 2.05) is 31.2 Å². The molecule has 0 spiro atoms. The monoisotopic (exact) mass is 422 g/mol. The summed E-state index contributed by atoms with van der Waals surface area (Å²) < 4.78 is 0. The molecule has 0 aliphatic heterocycles. The van der Waals surface area contributed by atoms with E-state index in [0.717, 1.165) is 11.3 Å². The maximum absolute atomic E-state index is 11.2. The van der Waals surface area contributed by atoms with Gasteiger partial charge in [-0.15, -0.1) is 0 Å². The molecule has 0 aromatic heterocycles. The molecule has 4 N–H and O–H groups in total. The molecule has 0 heterocycles. The Bertz CT molecular complexity index is 822. The summed E-state index contributed by atoms with van der Waals surface area (Å²) in [5, 5.41) is 20.3. The number of aliphatic hydroxyl groups excluding tert-OH is 1. The van der Waals surface area contributed by atoms with Gasteiger partial charge in [0, 0.05) is 35.7 Å². The minimum absolute atomic E-state index is 0.120. The molecule has 1 atom stereocenters. The van der Waals surface area contributed by atoms with Crippen molar-refractivity contribution < 1.29 is 9.90 Å². The maximum Gasteiger partial charge on any atom is 0.221 e. The number of benzene rings is 2. The van der Waals surface area contributed by atoms with Crippen LogP contribution in [0.15, 0.2) is 47.5 Å². The van der Waals surface area contributed by atoms with Crippen LogP contribution in [0.5, 0.6) is 0 Å². The second kappa shape index (κ2) is 10.9. The number of rotatable bonds is 7. The topological polar surface area (TPSA) is 85.8 Å². The smallest absolute Gasteiger partial charge is 0.221 e. The zero-order valence-corrected chi connectivity index (χ0v) is 17.3. The molecule has 150 valence electrons. The first kappa shape index (κ1) is 22.0. The molecule has 0 bridgehead atoms. The van der Waals surface area contributed by atoms with Crippen LogP contribution in [0, 0.1) is 0 Å². The molecule has 2 rings (SSSR count). The van der Waals surface area contributed by atoms with Crippen molar-refractivity contribution in [1.82, 2.24) is 10.6 Å². The molecule has 1 unspecified atom stereocenters. The minimum Gasteiger partial charge on any atom is -0.387 e. The highest BCUT2D eigenvalue weighted by atomic mass is 35.5. The fourth-order valence-electron chi connectivity index (χ4n) is 2.54. The highest BCUT2D eigenvalue weighted by Gasteiger charge is 2.10. The third kappa shape index (κ3) is 7.38. The lowest BCUT2D eigenvalue weighted by Gasteiger charge is -2.16. The summed E-state index contributed by atoms with van der Waals surface area (Å²) in [6.07, 6.45) is -0.789. The second-order valence-electron chi connectivity index (χ2n) is 6.18. The van der Waals surface area contributed by atoms with Crippen LogP contribution in [-0.2, 0) is 11.3 Å². The third-order valence-corrected chi connectivity index (χ3v) is 4.18. The number of carbonyl (C=O) groups is 1. The fourth-order valence-corrected chi connectivity index (χ4v) is 3.08. The lowest BCUT2D eigenvalue weighted by atomic mass is 10.1. The van der Waals surface area contributed by atoms with Crippen molar-refractivity contribution in [3.63, 3.8) is 0 Å². The molecule has 2 aromatic rings. The van der Waals surface area contributed by atoms with Crippen molar-refractivity contribution >= 4 is 40.8 Å². The predicted octanol–water partition coefficient (Wildman–Crippen LogP) is 3.74. The van der Waals surface area contributed by atoms with E-state index in [9.17, 15) is 9.90 Å². The molecule has 0 saturated heterocycles. The van der Waals surface area contributed by atoms with Gasteiger partial charge in [-0.25, -0.2) is 4.99 Å². The quantitative estimate of drug-likeness (QED) is 0.404. The van der Waals surface area contributed by atoms with Gasteiger partial charge in [-0.2, -0.15) is 0 Å². The van der Waals surface area contributed by atoms with Gasteiger partial charge in [-0.1, -0.05) is 35.3 Å². The number of amides is 1. The molecular weight excluding hydrogens is 399 g/mol. The summed E-state index contributed by atoms with van der Waals surface area (Å²) >= 11 is 12.0.